The topological polar surface area (TPSA) is 79.4 Å². The standard InChI is InChI=1S/C19H24N6O2S/c1-12-9-14(22-21-12)17-18-19(28-23-17)15(24-3-6-26-7-4-24)10-16(20-18)25-5-8-27-11-13(25)2/h9-10,13H,3-8,11H2,1-2H3,(H,21,22)/t13-/m1/s1. The second-order valence-electron chi connectivity index (χ2n) is 7.35. The third-order valence-corrected chi connectivity index (χ3v) is 6.23. The van der Waals surface area contributed by atoms with Gasteiger partial charge in [-0.2, -0.15) is 9.47 Å². The lowest BCUT2D eigenvalue weighted by atomic mass is 10.2. The summed E-state index contributed by atoms with van der Waals surface area (Å²) in [6.45, 7) is 9.72. The number of aryl methyl sites for hydroxylation is 1. The van der Waals surface area contributed by atoms with Crippen LogP contribution in [0.15, 0.2) is 12.1 Å². The Bertz CT molecular complexity index is 980. The SMILES string of the molecule is Cc1cc(-c2nsc3c(N4CCOCC4)cc(N4CCOC[C@H]4C)nc23)[nH]n1. The minimum atomic E-state index is 0.292. The van der Waals surface area contributed by atoms with E-state index >= 15 is 0 Å². The molecule has 0 saturated carbocycles. The Labute approximate surface area is 167 Å². The van der Waals surface area contributed by atoms with E-state index in [1.165, 1.54) is 17.2 Å². The fraction of sp³-hybridized carbons (Fsp3) is 0.526. The van der Waals surface area contributed by atoms with Crippen LogP contribution in [0.25, 0.3) is 21.6 Å². The lowest BCUT2D eigenvalue weighted by molar-refractivity contribution is 0.0985. The zero-order chi connectivity index (χ0) is 19.1. The maximum atomic E-state index is 5.63. The predicted molar refractivity (Wildman–Crippen MR) is 110 cm³/mol. The van der Waals surface area contributed by atoms with Crippen LogP contribution in [-0.2, 0) is 9.47 Å². The van der Waals surface area contributed by atoms with Crippen LogP contribution in [0.3, 0.4) is 0 Å². The summed E-state index contributed by atoms with van der Waals surface area (Å²) in [6.07, 6.45) is 0. The molecule has 0 aliphatic carbocycles. The van der Waals surface area contributed by atoms with Gasteiger partial charge in [-0.3, -0.25) is 5.10 Å². The third kappa shape index (κ3) is 3.13. The van der Waals surface area contributed by atoms with Crippen LogP contribution in [0.1, 0.15) is 12.6 Å². The molecule has 2 aliphatic heterocycles. The van der Waals surface area contributed by atoms with Gasteiger partial charge in [0.2, 0.25) is 0 Å². The number of pyridine rings is 1. The Hall–Kier alpha value is -2.23. The molecule has 8 nitrogen and oxygen atoms in total. The van der Waals surface area contributed by atoms with Crippen molar-refractivity contribution in [2.45, 2.75) is 19.9 Å². The first kappa shape index (κ1) is 17.8. The first-order valence-corrected chi connectivity index (χ1v) is 10.5. The Balaban J connectivity index is 1.67. The molecular formula is C19H24N6O2S. The first-order chi connectivity index (χ1) is 13.7. The summed E-state index contributed by atoms with van der Waals surface area (Å²) in [6, 6.07) is 4.53. The van der Waals surface area contributed by atoms with Crippen LogP contribution < -0.4 is 9.80 Å². The van der Waals surface area contributed by atoms with Crippen LogP contribution >= 0.6 is 11.5 Å². The van der Waals surface area contributed by atoms with E-state index in [4.69, 9.17) is 18.8 Å². The zero-order valence-electron chi connectivity index (χ0n) is 16.1. The van der Waals surface area contributed by atoms with Gasteiger partial charge >= 0.3 is 0 Å². The van der Waals surface area contributed by atoms with E-state index in [2.05, 4.69) is 33.0 Å². The molecule has 0 bridgehead atoms. The first-order valence-electron chi connectivity index (χ1n) is 9.70. The average Bonchev–Trinajstić information content (AvgIpc) is 3.34. The van der Waals surface area contributed by atoms with E-state index in [9.17, 15) is 0 Å². The molecule has 5 heterocycles. The van der Waals surface area contributed by atoms with Crippen molar-refractivity contribution in [1.82, 2.24) is 19.6 Å². The van der Waals surface area contributed by atoms with Crippen LogP contribution in [0, 0.1) is 6.92 Å². The van der Waals surface area contributed by atoms with E-state index in [1.54, 1.807) is 0 Å². The fourth-order valence-electron chi connectivity index (χ4n) is 3.87. The number of rotatable bonds is 3. The number of ether oxygens (including phenoxy) is 2. The van der Waals surface area contributed by atoms with Crippen LogP contribution in [0.4, 0.5) is 11.5 Å². The second kappa shape index (κ2) is 7.31. The molecule has 2 aliphatic rings. The molecule has 0 amide bonds. The van der Waals surface area contributed by atoms with Gasteiger partial charge in [0, 0.05) is 25.7 Å². The fourth-order valence-corrected chi connectivity index (χ4v) is 4.74. The van der Waals surface area contributed by atoms with E-state index < -0.39 is 0 Å². The monoisotopic (exact) mass is 400 g/mol. The Morgan fingerprint density at radius 3 is 2.71 bits per heavy atom. The van der Waals surface area contributed by atoms with Crippen molar-refractivity contribution in [1.29, 1.82) is 0 Å². The highest BCUT2D eigenvalue weighted by Crippen LogP contribution is 2.38. The number of hydrogen-bond donors (Lipinski definition) is 1. The molecule has 0 radical (unpaired) electrons. The minimum absolute atomic E-state index is 0.292. The van der Waals surface area contributed by atoms with Gasteiger partial charge in [0.25, 0.3) is 0 Å². The molecule has 1 atom stereocenters. The highest BCUT2D eigenvalue weighted by molar-refractivity contribution is 7.14. The molecule has 1 N–H and O–H groups in total. The van der Waals surface area contributed by atoms with Crippen molar-refractivity contribution in [2.75, 3.05) is 55.9 Å². The van der Waals surface area contributed by atoms with Crippen molar-refractivity contribution < 1.29 is 9.47 Å². The molecule has 3 aromatic rings. The van der Waals surface area contributed by atoms with E-state index in [0.29, 0.717) is 6.04 Å². The number of anilines is 2. The molecule has 2 fully saturated rings. The number of nitrogens with one attached hydrogen (secondary N) is 1. The molecule has 0 aromatic carbocycles. The number of H-pyrrole nitrogens is 1. The lowest BCUT2D eigenvalue weighted by Crippen LogP contribution is -2.44. The number of aromatic nitrogens is 4. The van der Waals surface area contributed by atoms with Crippen LogP contribution in [-0.4, -0.2) is 71.7 Å². The number of hydrogen-bond acceptors (Lipinski definition) is 8. The van der Waals surface area contributed by atoms with Crippen LogP contribution in [0.5, 0.6) is 0 Å². The molecule has 5 rings (SSSR count). The zero-order valence-corrected chi connectivity index (χ0v) is 17.0. The van der Waals surface area contributed by atoms with Crippen molar-refractivity contribution in [3.05, 3.63) is 17.8 Å². The summed E-state index contributed by atoms with van der Waals surface area (Å²) in [7, 11) is 0. The third-order valence-electron chi connectivity index (χ3n) is 5.37. The highest BCUT2D eigenvalue weighted by atomic mass is 32.1. The molecular weight excluding hydrogens is 376 g/mol. The summed E-state index contributed by atoms with van der Waals surface area (Å²) in [5.41, 5.74) is 4.87. The smallest absolute Gasteiger partial charge is 0.131 e. The summed E-state index contributed by atoms with van der Waals surface area (Å²) in [4.78, 5) is 9.79. The largest absolute Gasteiger partial charge is 0.378 e. The number of aromatic amines is 1. The van der Waals surface area contributed by atoms with Gasteiger partial charge in [-0.1, -0.05) is 0 Å². The minimum Gasteiger partial charge on any atom is -0.378 e. The summed E-state index contributed by atoms with van der Waals surface area (Å²) < 4.78 is 17.1. The molecule has 3 aromatic heterocycles. The Morgan fingerprint density at radius 1 is 1.14 bits per heavy atom. The van der Waals surface area contributed by atoms with Crippen molar-refractivity contribution in [3.63, 3.8) is 0 Å². The second-order valence-corrected chi connectivity index (χ2v) is 8.12. The molecule has 148 valence electrons. The molecule has 9 heteroatoms. The maximum absolute atomic E-state index is 5.63. The summed E-state index contributed by atoms with van der Waals surface area (Å²) in [5, 5.41) is 7.37. The van der Waals surface area contributed by atoms with E-state index in [0.717, 1.165) is 79.2 Å². The van der Waals surface area contributed by atoms with Crippen molar-refractivity contribution in [3.8, 4) is 11.4 Å². The van der Waals surface area contributed by atoms with E-state index in [-0.39, 0.29) is 0 Å². The van der Waals surface area contributed by atoms with Crippen molar-refractivity contribution in [2.24, 2.45) is 0 Å². The summed E-state index contributed by atoms with van der Waals surface area (Å²) in [5.74, 6) is 0.988. The normalized spacial score (nSPS) is 20.9. The Morgan fingerprint density at radius 2 is 1.96 bits per heavy atom. The van der Waals surface area contributed by atoms with Gasteiger partial charge in [-0.15, -0.1) is 0 Å². The quantitative estimate of drug-likeness (QED) is 0.723. The summed E-state index contributed by atoms with van der Waals surface area (Å²) >= 11 is 1.51. The number of nitrogens with zero attached hydrogens (tertiary/aromatic N) is 5. The average molecular weight is 401 g/mol. The molecule has 0 spiro atoms. The molecule has 2 saturated heterocycles. The number of morpholine rings is 2. The van der Waals surface area contributed by atoms with Gasteiger partial charge in [0.1, 0.15) is 17.0 Å². The maximum Gasteiger partial charge on any atom is 0.131 e. The van der Waals surface area contributed by atoms with Crippen LogP contribution in [0.2, 0.25) is 0 Å². The lowest BCUT2D eigenvalue weighted by Gasteiger charge is -2.35. The van der Waals surface area contributed by atoms with Gasteiger partial charge in [0.15, 0.2) is 0 Å². The molecule has 28 heavy (non-hydrogen) atoms. The van der Waals surface area contributed by atoms with Crippen molar-refractivity contribution >= 4 is 33.3 Å². The number of fused-ring (bicyclic) bond motifs is 1. The van der Waals surface area contributed by atoms with E-state index in [1.807, 2.05) is 13.0 Å². The van der Waals surface area contributed by atoms with Gasteiger partial charge in [0.05, 0.1) is 54.2 Å². The van der Waals surface area contributed by atoms with Gasteiger partial charge in [-0.25, -0.2) is 4.98 Å². The predicted octanol–water partition coefficient (Wildman–Crippen LogP) is 2.45. The van der Waals surface area contributed by atoms with Gasteiger partial charge in [-0.05, 0) is 31.4 Å². The molecule has 0 unspecified atom stereocenters. The van der Waals surface area contributed by atoms with Gasteiger partial charge < -0.3 is 19.3 Å². The highest BCUT2D eigenvalue weighted by Gasteiger charge is 2.26. The Kier molecular flexibility index (Phi) is 4.65.